The van der Waals surface area contributed by atoms with E-state index in [0.29, 0.717) is 36.4 Å². The van der Waals surface area contributed by atoms with Gasteiger partial charge in [-0.25, -0.2) is 0 Å². The van der Waals surface area contributed by atoms with Crippen LogP contribution < -0.4 is 10.1 Å². The minimum Gasteiger partial charge on any atom is -0.490 e. The van der Waals surface area contributed by atoms with E-state index in [1.165, 1.54) is 35.3 Å². The number of anilines is 1. The summed E-state index contributed by atoms with van der Waals surface area (Å²) < 4.78 is 50.5. The molecule has 3 rings (SSSR count). The van der Waals surface area contributed by atoms with Crippen molar-refractivity contribution in [1.29, 1.82) is 0 Å². The molecule has 0 aliphatic carbocycles. The summed E-state index contributed by atoms with van der Waals surface area (Å²) in [6.07, 6.45) is -2.07. The van der Waals surface area contributed by atoms with E-state index in [0.717, 1.165) is 6.42 Å². The Kier molecular flexibility index (Phi) is 13.2. The van der Waals surface area contributed by atoms with Crippen molar-refractivity contribution < 1.29 is 42.1 Å². The van der Waals surface area contributed by atoms with Gasteiger partial charge in [0.1, 0.15) is 5.75 Å². The molecule has 1 aromatic carbocycles. The SMILES string of the molecule is C[C@@H]1CCCCO[C@H](CN(C)C(=O)CCC(F)(F)F)[C@@H](C)CN([C@H](C)CO)C(=O)c2cc(NC(=O)c3ccncc3)ccc2O1. The fourth-order valence-electron chi connectivity index (χ4n) is 4.98. The number of fused-ring (bicyclic) bond motifs is 1. The largest absolute Gasteiger partial charge is 0.490 e. The summed E-state index contributed by atoms with van der Waals surface area (Å²) in [5, 5.41) is 12.9. The van der Waals surface area contributed by atoms with Gasteiger partial charge in [0.25, 0.3) is 11.8 Å². The number of aliphatic hydroxyl groups excluding tert-OH is 1. The molecule has 3 amide bonds. The van der Waals surface area contributed by atoms with Gasteiger partial charge in [0.15, 0.2) is 0 Å². The maximum absolute atomic E-state index is 14.2. The molecule has 45 heavy (non-hydrogen) atoms. The number of carbonyl (C=O) groups is 3. The van der Waals surface area contributed by atoms with Crippen LogP contribution in [0.4, 0.5) is 18.9 Å². The van der Waals surface area contributed by atoms with E-state index in [-0.39, 0.29) is 43.2 Å². The number of ether oxygens (including phenoxy) is 2. The number of aromatic nitrogens is 1. The molecule has 0 unspecified atom stereocenters. The van der Waals surface area contributed by atoms with Crippen LogP contribution in [0.1, 0.15) is 73.6 Å². The third kappa shape index (κ3) is 11.0. The smallest absolute Gasteiger partial charge is 0.389 e. The number of carbonyl (C=O) groups excluding carboxylic acids is 3. The second kappa shape index (κ2) is 16.6. The van der Waals surface area contributed by atoms with Crippen LogP contribution >= 0.6 is 0 Å². The highest BCUT2D eigenvalue weighted by molar-refractivity contribution is 6.05. The first kappa shape index (κ1) is 35.8. The van der Waals surface area contributed by atoms with Crippen molar-refractivity contribution in [3.05, 3.63) is 53.9 Å². The summed E-state index contributed by atoms with van der Waals surface area (Å²) in [4.78, 5) is 46.2. The van der Waals surface area contributed by atoms with Crippen molar-refractivity contribution >= 4 is 23.4 Å². The van der Waals surface area contributed by atoms with Gasteiger partial charge in [0.2, 0.25) is 5.91 Å². The molecule has 2 N–H and O–H groups in total. The molecule has 1 aliphatic rings. The summed E-state index contributed by atoms with van der Waals surface area (Å²) in [5.41, 5.74) is 0.945. The topological polar surface area (TPSA) is 121 Å². The lowest BCUT2D eigenvalue weighted by Crippen LogP contribution is -2.48. The summed E-state index contributed by atoms with van der Waals surface area (Å²) in [6, 6.07) is 7.33. The molecule has 13 heteroatoms. The van der Waals surface area contributed by atoms with Crippen LogP contribution in [0.3, 0.4) is 0 Å². The van der Waals surface area contributed by atoms with E-state index in [1.54, 1.807) is 31.2 Å². The number of benzene rings is 1. The van der Waals surface area contributed by atoms with E-state index < -0.39 is 43.0 Å². The Morgan fingerprint density at radius 1 is 1.18 bits per heavy atom. The van der Waals surface area contributed by atoms with Gasteiger partial charge in [-0.15, -0.1) is 0 Å². The van der Waals surface area contributed by atoms with Crippen LogP contribution in [0.25, 0.3) is 0 Å². The van der Waals surface area contributed by atoms with Crippen molar-refractivity contribution in [2.45, 2.75) is 77.3 Å². The lowest BCUT2D eigenvalue weighted by atomic mass is 10.0. The van der Waals surface area contributed by atoms with Crippen LogP contribution in [-0.4, -0.2) is 95.4 Å². The van der Waals surface area contributed by atoms with Gasteiger partial charge in [0.05, 0.1) is 36.8 Å². The molecular formula is C32H43F3N4O6. The van der Waals surface area contributed by atoms with E-state index >= 15 is 0 Å². The average molecular weight is 637 g/mol. The zero-order valence-corrected chi connectivity index (χ0v) is 26.2. The highest BCUT2D eigenvalue weighted by Crippen LogP contribution is 2.29. The Balaban J connectivity index is 1.91. The quantitative estimate of drug-likeness (QED) is 0.422. The normalized spacial score (nSPS) is 20.8. The Hall–Kier alpha value is -3.71. The molecule has 0 bridgehead atoms. The molecule has 0 spiro atoms. The van der Waals surface area contributed by atoms with Crippen molar-refractivity contribution in [3.63, 3.8) is 0 Å². The maximum Gasteiger partial charge on any atom is 0.389 e. The lowest BCUT2D eigenvalue weighted by molar-refractivity contribution is -0.149. The number of aliphatic hydroxyl groups is 1. The Bertz CT molecular complexity index is 1280. The highest BCUT2D eigenvalue weighted by atomic mass is 19.4. The Morgan fingerprint density at radius 3 is 2.56 bits per heavy atom. The van der Waals surface area contributed by atoms with Crippen molar-refractivity contribution in [2.75, 3.05) is 38.7 Å². The van der Waals surface area contributed by atoms with Gasteiger partial charge in [0, 0.05) is 62.7 Å². The summed E-state index contributed by atoms with van der Waals surface area (Å²) in [5.74, 6) is -1.53. The number of amides is 3. The molecule has 1 aliphatic heterocycles. The number of rotatable bonds is 8. The number of nitrogens with one attached hydrogen (secondary N) is 1. The third-order valence-electron chi connectivity index (χ3n) is 7.75. The number of pyridine rings is 1. The van der Waals surface area contributed by atoms with Crippen LogP contribution in [0.2, 0.25) is 0 Å². The molecule has 10 nitrogen and oxygen atoms in total. The van der Waals surface area contributed by atoms with Crippen molar-refractivity contribution in [3.8, 4) is 5.75 Å². The molecule has 0 radical (unpaired) electrons. The highest BCUT2D eigenvalue weighted by Gasteiger charge is 2.32. The molecule has 0 saturated carbocycles. The lowest BCUT2D eigenvalue weighted by Gasteiger charge is -2.36. The molecule has 4 atom stereocenters. The summed E-state index contributed by atoms with van der Waals surface area (Å²) >= 11 is 0. The number of hydrogen-bond donors (Lipinski definition) is 2. The summed E-state index contributed by atoms with van der Waals surface area (Å²) in [7, 11) is 1.44. The Labute approximate surface area is 261 Å². The first-order valence-corrected chi connectivity index (χ1v) is 15.1. The standard InChI is InChI=1S/C32H43F3N4O6/c1-21-18-39(22(2)20-40)31(43)26-17-25(37-30(42)24-11-14-36-15-12-24)8-9-27(26)45-23(3)7-5-6-16-44-28(21)19-38(4)29(41)10-13-32(33,34)35/h8-9,11-12,14-15,17,21-23,28,40H,5-7,10,13,16,18-20H2,1-4H3,(H,37,42)/t21-,22+,23+,28+/m0/s1. The van der Waals surface area contributed by atoms with E-state index in [2.05, 4.69) is 10.3 Å². The van der Waals surface area contributed by atoms with Crippen LogP contribution in [0.15, 0.2) is 42.7 Å². The summed E-state index contributed by atoms with van der Waals surface area (Å²) in [6.45, 7) is 5.57. The predicted molar refractivity (Wildman–Crippen MR) is 162 cm³/mol. The first-order valence-electron chi connectivity index (χ1n) is 15.1. The second-order valence-electron chi connectivity index (χ2n) is 11.6. The van der Waals surface area contributed by atoms with Gasteiger partial charge in [-0.3, -0.25) is 19.4 Å². The zero-order chi connectivity index (χ0) is 33.1. The van der Waals surface area contributed by atoms with Gasteiger partial charge < -0.3 is 29.7 Å². The number of alkyl halides is 3. The first-order chi connectivity index (χ1) is 21.3. The maximum atomic E-state index is 14.2. The molecule has 0 fully saturated rings. The van der Waals surface area contributed by atoms with Gasteiger partial charge in [-0.05, 0) is 63.4 Å². The molecule has 2 heterocycles. The third-order valence-corrected chi connectivity index (χ3v) is 7.75. The van der Waals surface area contributed by atoms with E-state index in [1.807, 2.05) is 13.8 Å². The minimum atomic E-state index is -4.44. The van der Waals surface area contributed by atoms with Gasteiger partial charge in [-0.2, -0.15) is 13.2 Å². The van der Waals surface area contributed by atoms with Crippen LogP contribution in [0.5, 0.6) is 5.75 Å². The number of hydrogen-bond acceptors (Lipinski definition) is 7. The number of halogens is 3. The Morgan fingerprint density at radius 2 is 1.89 bits per heavy atom. The fourth-order valence-corrected chi connectivity index (χ4v) is 4.98. The van der Waals surface area contributed by atoms with Gasteiger partial charge in [-0.1, -0.05) is 6.92 Å². The monoisotopic (exact) mass is 636 g/mol. The predicted octanol–water partition coefficient (Wildman–Crippen LogP) is 4.93. The number of nitrogens with zero attached hydrogens (tertiary/aromatic N) is 3. The molecular weight excluding hydrogens is 593 g/mol. The average Bonchev–Trinajstić information content (AvgIpc) is 3.01. The second-order valence-corrected chi connectivity index (χ2v) is 11.6. The number of likely N-dealkylation sites (N-methyl/N-ethyl adjacent to an activating group) is 1. The van der Waals surface area contributed by atoms with E-state index in [4.69, 9.17) is 9.47 Å². The zero-order valence-electron chi connectivity index (χ0n) is 26.2. The fraction of sp³-hybridized carbons (Fsp3) is 0.562. The van der Waals surface area contributed by atoms with Crippen LogP contribution in [-0.2, 0) is 9.53 Å². The van der Waals surface area contributed by atoms with Crippen LogP contribution in [0, 0.1) is 5.92 Å². The van der Waals surface area contributed by atoms with Crippen molar-refractivity contribution in [1.82, 2.24) is 14.8 Å². The molecule has 2 aromatic rings. The minimum absolute atomic E-state index is 0.0364. The van der Waals surface area contributed by atoms with E-state index in [9.17, 15) is 32.7 Å². The van der Waals surface area contributed by atoms with Crippen molar-refractivity contribution in [2.24, 2.45) is 5.92 Å². The molecule has 0 saturated heterocycles. The van der Waals surface area contributed by atoms with Gasteiger partial charge >= 0.3 is 6.18 Å². The molecule has 1 aromatic heterocycles. The molecule has 248 valence electrons.